The Morgan fingerprint density at radius 1 is 0.927 bits per heavy atom. The molecule has 1 saturated heterocycles. The summed E-state index contributed by atoms with van der Waals surface area (Å²) in [7, 11) is 0. The van der Waals surface area contributed by atoms with Crippen LogP contribution in [-0.2, 0) is 16.6 Å². The number of halogens is 2. The van der Waals surface area contributed by atoms with E-state index in [0.29, 0.717) is 25.5 Å². The van der Waals surface area contributed by atoms with Gasteiger partial charge in [-0.2, -0.15) is 0 Å². The quantitative estimate of drug-likeness (QED) is 0.139. The van der Waals surface area contributed by atoms with Crippen molar-refractivity contribution < 1.29 is 33.1 Å². The average molecular weight is 749 g/mol. The van der Waals surface area contributed by atoms with Crippen LogP contribution in [0.25, 0.3) is 22.5 Å². The number of benzene rings is 3. The molecule has 2 saturated carbocycles. The second kappa shape index (κ2) is 15.0. The number of hydrogen-bond donors (Lipinski definition) is 4. The second-order valence-electron chi connectivity index (χ2n) is 15.0. The number of carbonyl (C=O) groups is 2. The fraction of sp³-hybridized carbons (Fsp3) is 0.357. The van der Waals surface area contributed by atoms with Crippen molar-refractivity contribution in [2.24, 2.45) is 5.92 Å². The van der Waals surface area contributed by atoms with Gasteiger partial charge in [0, 0.05) is 61.8 Å². The van der Waals surface area contributed by atoms with Gasteiger partial charge in [-0.1, -0.05) is 54.4 Å². The third-order valence-electron chi connectivity index (χ3n) is 11.7. The molecule has 2 aromatic heterocycles. The number of aliphatic carboxylic acids is 1. The van der Waals surface area contributed by atoms with Crippen molar-refractivity contribution in [3.05, 3.63) is 119 Å². The fourth-order valence-electron chi connectivity index (χ4n) is 8.60. The van der Waals surface area contributed by atoms with E-state index in [1.807, 2.05) is 23.4 Å². The monoisotopic (exact) mass is 748 g/mol. The molecule has 3 fully saturated rings. The third-order valence-corrected chi connectivity index (χ3v) is 11.7. The van der Waals surface area contributed by atoms with E-state index in [9.17, 15) is 28.6 Å². The van der Waals surface area contributed by atoms with Gasteiger partial charge in [-0.25, -0.2) is 18.7 Å². The van der Waals surface area contributed by atoms with Gasteiger partial charge < -0.3 is 25.8 Å². The predicted octanol–water partition coefficient (Wildman–Crippen LogP) is 6.14. The molecule has 11 nitrogen and oxygen atoms in total. The number of amides is 1. The molecule has 55 heavy (non-hydrogen) atoms. The lowest BCUT2D eigenvalue weighted by atomic mass is 9.86. The Kier molecular flexibility index (Phi) is 9.91. The highest BCUT2D eigenvalue weighted by atomic mass is 19.1. The number of aliphatic hydroxyl groups excluding tert-OH is 1. The SMILES string of the molecule is Nc1c(C2(c3ncccn3)CC2)ccc2c1Cc1ccccc1-2.O=C(N[C@H]1CCN([C@H]2CCCC[C@@H]2O)C[C@@H]1C(=O)O)c1cc(-c2ccc(F)cc2F)on1. The molecule has 0 spiro atoms. The van der Waals surface area contributed by atoms with E-state index in [1.165, 1.54) is 39.9 Å². The molecule has 3 aliphatic carbocycles. The van der Waals surface area contributed by atoms with Gasteiger partial charge in [0.25, 0.3) is 5.91 Å². The highest BCUT2D eigenvalue weighted by molar-refractivity contribution is 5.93. The van der Waals surface area contributed by atoms with E-state index in [4.69, 9.17) is 10.3 Å². The van der Waals surface area contributed by atoms with Crippen LogP contribution in [0.5, 0.6) is 0 Å². The highest BCUT2D eigenvalue weighted by Crippen LogP contribution is 2.55. The zero-order valence-electron chi connectivity index (χ0n) is 30.1. The maximum Gasteiger partial charge on any atom is 0.309 e. The van der Waals surface area contributed by atoms with Crippen LogP contribution in [0, 0.1) is 17.6 Å². The predicted molar refractivity (Wildman–Crippen MR) is 200 cm³/mol. The molecule has 1 amide bonds. The number of likely N-dealkylation sites (tertiary alicyclic amines) is 1. The maximum atomic E-state index is 14.0. The van der Waals surface area contributed by atoms with Crippen molar-refractivity contribution in [1.29, 1.82) is 0 Å². The summed E-state index contributed by atoms with van der Waals surface area (Å²) in [6.45, 7) is 0.786. The van der Waals surface area contributed by atoms with Crippen molar-refractivity contribution in [3.63, 3.8) is 0 Å². The van der Waals surface area contributed by atoms with Crippen LogP contribution < -0.4 is 11.1 Å². The number of rotatable bonds is 7. The van der Waals surface area contributed by atoms with Crippen LogP contribution in [-0.4, -0.2) is 73.4 Å². The second-order valence-corrected chi connectivity index (χ2v) is 15.0. The number of carboxylic acids is 1. The summed E-state index contributed by atoms with van der Waals surface area (Å²) in [6.07, 6.45) is 10.2. The Hall–Kier alpha value is -5.53. The number of hydrogen-bond acceptors (Lipinski definition) is 9. The molecule has 3 heterocycles. The molecule has 13 heteroatoms. The van der Waals surface area contributed by atoms with Crippen molar-refractivity contribution in [2.75, 3.05) is 18.8 Å². The minimum atomic E-state index is -1.03. The summed E-state index contributed by atoms with van der Waals surface area (Å²) in [5.41, 5.74) is 13.8. The molecule has 0 bridgehead atoms. The first-order valence-electron chi connectivity index (χ1n) is 18.8. The molecule has 0 unspecified atom stereocenters. The fourth-order valence-corrected chi connectivity index (χ4v) is 8.60. The Bertz CT molecular complexity index is 2230. The number of nitrogens with zero attached hydrogens (tertiary/aromatic N) is 4. The summed E-state index contributed by atoms with van der Waals surface area (Å²) < 4.78 is 32.1. The molecular weight excluding hydrogens is 706 g/mol. The minimum Gasteiger partial charge on any atom is -0.481 e. The van der Waals surface area contributed by atoms with E-state index < -0.39 is 41.6 Å². The number of carboxylic acid groups (broad SMARTS) is 1. The highest BCUT2D eigenvalue weighted by Gasteiger charge is 2.50. The molecular formula is C42H42F2N6O5. The van der Waals surface area contributed by atoms with Crippen LogP contribution in [0.1, 0.15) is 77.9 Å². The normalized spacial score (nSPS) is 22.5. The number of piperidine rings is 1. The number of carbonyl (C=O) groups excluding carboxylic acids is 1. The van der Waals surface area contributed by atoms with Gasteiger partial charge in [0.05, 0.1) is 23.0 Å². The topological polar surface area (TPSA) is 168 Å². The van der Waals surface area contributed by atoms with Crippen LogP contribution in [0.2, 0.25) is 0 Å². The van der Waals surface area contributed by atoms with Gasteiger partial charge in [0.2, 0.25) is 0 Å². The van der Waals surface area contributed by atoms with Crippen LogP contribution in [0.3, 0.4) is 0 Å². The summed E-state index contributed by atoms with van der Waals surface area (Å²) in [6, 6.07) is 18.4. The van der Waals surface area contributed by atoms with Gasteiger partial charge in [-0.15, -0.1) is 0 Å². The first-order chi connectivity index (χ1) is 26.6. The molecule has 3 aromatic carbocycles. The Morgan fingerprint density at radius 3 is 2.44 bits per heavy atom. The number of nitrogen functional groups attached to an aromatic ring is 1. The standard InChI is InChI=1S/C22H25F2N3O5.C20H17N3/c23-12-5-6-13(15(24)9-12)20-10-17(26-32-20)21(29)25-16-7-8-27(11-14(16)22(30)31)18-3-1-2-4-19(18)28;21-18-16-12-13-4-1-2-5-14(13)15(16)6-7-17(18)20(8-9-20)19-22-10-3-11-23-19/h5-6,9-10,14,16,18-19,28H,1-4,7-8,11H2,(H,25,29)(H,30,31);1-7,10-11H,8-9,12,21H2/t14-,16-,18-,19-;/m0./s1. The van der Waals surface area contributed by atoms with Gasteiger partial charge in [0.1, 0.15) is 17.5 Å². The smallest absolute Gasteiger partial charge is 0.309 e. The van der Waals surface area contributed by atoms with E-state index in [-0.39, 0.29) is 35.0 Å². The number of aliphatic hydroxyl groups is 1. The van der Waals surface area contributed by atoms with Crippen LogP contribution in [0.4, 0.5) is 14.5 Å². The summed E-state index contributed by atoms with van der Waals surface area (Å²) >= 11 is 0. The maximum absolute atomic E-state index is 14.0. The van der Waals surface area contributed by atoms with E-state index in [2.05, 4.69) is 56.8 Å². The lowest BCUT2D eigenvalue weighted by Gasteiger charge is -2.43. The first-order valence-corrected chi connectivity index (χ1v) is 18.8. The molecule has 5 N–H and O–H groups in total. The van der Waals surface area contributed by atoms with E-state index in [0.717, 1.165) is 56.1 Å². The summed E-state index contributed by atoms with van der Waals surface area (Å²) in [5.74, 6) is -3.23. The number of nitrogens with one attached hydrogen (secondary N) is 1. The Morgan fingerprint density at radius 2 is 1.69 bits per heavy atom. The van der Waals surface area contributed by atoms with Crippen molar-refractivity contribution in [1.82, 2.24) is 25.3 Å². The van der Waals surface area contributed by atoms with Crippen molar-refractivity contribution in [3.8, 4) is 22.5 Å². The lowest BCUT2D eigenvalue weighted by molar-refractivity contribution is -0.145. The molecule has 1 aliphatic heterocycles. The van der Waals surface area contributed by atoms with E-state index >= 15 is 0 Å². The largest absolute Gasteiger partial charge is 0.481 e. The van der Waals surface area contributed by atoms with Gasteiger partial charge in [0.15, 0.2) is 11.5 Å². The number of fused-ring (bicyclic) bond motifs is 3. The Labute approximate surface area is 316 Å². The summed E-state index contributed by atoms with van der Waals surface area (Å²) in [5, 5.41) is 26.4. The minimum absolute atomic E-state index is 0.0384. The molecule has 4 atom stereocenters. The average Bonchev–Trinajstić information content (AvgIpc) is 3.67. The van der Waals surface area contributed by atoms with Gasteiger partial charge >= 0.3 is 5.97 Å². The molecule has 284 valence electrons. The molecule has 4 aliphatic rings. The zero-order chi connectivity index (χ0) is 38.3. The number of aromatic nitrogens is 3. The summed E-state index contributed by atoms with van der Waals surface area (Å²) in [4.78, 5) is 35.6. The van der Waals surface area contributed by atoms with Crippen molar-refractivity contribution in [2.45, 2.75) is 75.0 Å². The molecule has 0 radical (unpaired) electrons. The Balaban J connectivity index is 0.000000163. The van der Waals surface area contributed by atoms with Gasteiger partial charge in [-0.05, 0) is 78.1 Å². The lowest BCUT2D eigenvalue weighted by Crippen LogP contribution is -2.58. The molecule has 5 aromatic rings. The third kappa shape index (κ3) is 7.09. The van der Waals surface area contributed by atoms with E-state index in [1.54, 1.807) is 0 Å². The molecule has 9 rings (SSSR count). The van der Waals surface area contributed by atoms with Gasteiger partial charge in [-0.3, -0.25) is 14.5 Å². The zero-order valence-corrected chi connectivity index (χ0v) is 30.1. The van der Waals surface area contributed by atoms with Crippen molar-refractivity contribution >= 4 is 17.6 Å². The number of nitrogens with two attached hydrogens (primary N) is 1. The van der Waals surface area contributed by atoms with Crippen LogP contribution >= 0.6 is 0 Å². The van der Waals surface area contributed by atoms with Crippen LogP contribution in [0.15, 0.2) is 83.6 Å². The number of anilines is 1. The first kappa shape index (κ1) is 36.4.